The molecule has 0 fully saturated rings. The number of hydrogen-bond acceptors (Lipinski definition) is 4. The fourth-order valence-corrected chi connectivity index (χ4v) is 2.05. The molecule has 2 rings (SSSR count). The molecule has 1 heterocycles. The van der Waals surface area contributed by atoms with Gasteiger partial charge < -0.3 is 14.8 Å². The zero-order valence-corrected chi connectivity index (χ0v) is 13.0. The average molecular weight is 307 g/mol. The van der Waals surface area contributed by atoms with Gasteiger partial charge >= 0.3 is 0 Å². The molecule has 0 aliphatic heterocycles. The molecule has 21 heavy (non-hydrogen) atoms. The van der Waals surface area contributed by atoms with Crippen molar-refractivity contribution in [1.29, 1.82) is 0 Å². The SMILES string of the molecule is COCCNCc1cnc(Oc2cccc(Cl)c2)c(C)c1. The minimum Gasteiger partial charge on any atom is -0.439 e. The smallest absolute Gasteiger partial charge is 0.222 e. The van der Waals surface area contributed by atoms with Gasteiger partial charge in [-0.25, -0.2) is 4.98 Å². The summed E-state index contributed by atoms with van der Waals surface area (Å²) in [6.07, 6.45) is 1.81. The van der Waals surface area contributed by atoms with Crippen LogP contribution in [0.3, 0.4) is 0 Å². The Hall–Kier alpha value is -1.62. The third-order valence-electron chi connectivity index (χ3n) is 2.91. The highest BCUT2D eigenvalue weighted by Gasteiger charge is 2.05. The maximum Gasteiger partial charge on any atom is 0.222 e. The van der Waals surface area contributed by atoms with Gasteiger partial charge in [0.05, 0.1) is 6.61 Å². The molecule has 0 radical (unpaired) electrons. The van der Waals surface area contributed by atoms with Crippen LogP contribution in [0.15, 0.2) is 36.5 Å². The van der Waals surface area contributed by atoms with Crippen molar-refractivity contribution < 1.29 is 9.47 Å². The van der Waals surface area contributed by atoms with Crippen LogP contribution in [0.25, 0.3) is 0 Å². The number of hydrogen-bond donors (Lipinski definition) is 1. The summed E-state index contributed by atoms with van der Waals surface area (Å²) in [7, 11) is 1.69. The molecule has 5 heteroatoms. The first-order valence-corrected chi connectivity index (χ1v) is 7.15. The lowest BCUT2D eigenvalue weighted by molar-refractivity contribution is 0.199. The van der Waals surface area contributed by atoms with Gasteiger partial charge in [-0.3, -0.25) is 0 Å². The zero-order valence-electron chi connectivity index (χ0n) is 12.2. The molecular formula is C16H19ClN2O2. The molecule has 1 aromatic heterocycles. The molecule has 1 N–H and O–H groups in total. The largest absolute Gasteiger partial charge is 0.439 e. The van der Waals surface area contributed by atoms with Crippen LogP contribution in [0.4, 0.5) is 0 Å². The molecule has 0 bridgehead atoms. The summed E-state index contributed by atoms with van der Waals surface area (Å²) < 4.78 is 10.7. The molecule has 0 aliphatic rings. The van der Waals surface area contributed by atoms with E-state index in [0.29, 0.717) is 23.3 Å². The van der Waals surface area contributed by atoms with Crippen molar-refractivity contribution in [3.05, 3.63) is 52.7 Å². The van der Waals surface area contributed by atoms with Gasteiger partial charge in [0.15, 0.2) is 0 Å². The maximum atomic E-state index is 5.94. The van der Waals surface area contributed by atoms with Crippen LogP contribution in [0.1, 0.15) is 11.1 Å². The maximum absolute atomic E-state index is 5.94. The van der Waals surface area contributed by atoms with Crippen molar-refractivity contribution in [1.82, 2.24) is 10.3 Å². The van der Waals surface area contributed by atoms with E-state index in [0.717, 1.165) is 24.2 Å². The number of rotatable bonds is 7. The molecule has 0 spiro atoms. The van der Waals surface area contributed by atoms with E-state index in [2.05, 4.69) is 16.4 Å². The quantitative estimate of drug-likeness (QED) is 0.794. The summed E-state index contributed by atoms with van der Waals surface area (Å²) in [5.41, 5.74) is 2.10. The number of aromatic nitrogens is 1. The molecule has 0 unspecified atom stereocenters. The highest BCUT2D eigenvalue weighted by molar-refractivity contribution is 6.30. The Balaban J connectivity index is 1.98. The Labute approximate surface area is 130 Å². The van der Waals surface area contributed by atoms with Crippen molar-refractivity contribution in [2.24, 2.45) is 0 Å². The Morgan fingerprint density at radius 3 is 2.86 bits per heavy atom. The van der Waals surface area contributed by atoms with Crippen molar-refractivity contribution in [2.75, 3.05) is 20.3 Å². The van der Waals surface area contributed by atoms with E-state index in [1.165, 1.54) is 0 Å². The molecule has 112 valence electrons. The van der Waals surface area contributed by atoms with E-state index in [4.69, 9.17) is 21.1 Å². The topological polar surface area (TPSA) is 43.4 Å². The van der Waals surface area contributed by atoms with Crippen LogP contribution in [0.2, 0.25) is 5.02 Å². The number of halogens is 1. The van der Waals surface area contributed by atoms with Gasteiger partial charge in [-0.1, -0.05) is 17.7 Å². The average Bonchev–Trinajstić information content (AvgIpc) is 2.46. The molecular weight excluding hydrogens is 288 g/mol. The highest BCUT2D eigenvalue weighted by Crippen LogP contribution is 2.25. The van der Waals surface area contributed by atoms with Crippen LogP contribution >= 0.6 is 11.6 Å². The Kier molecular flexibility index (Phi) is 5.99. The number of nitrogens with zero attached hydrogens (tertiary/aromatic N) is 1. The summed E-state index contributed by atoms with van der Waals surface area (Å²) in [6, 6.07) is 9.34. The van der Waals surface area contributed by atoms with E-state index < -0.39 is 0 Å². The van der Waals surface area contributed by atoms with E-state index in [-0.39, 0.29) is 0 Å². The van der Waals surface area contributed by atoms with Crippen LogP contribution in [-0.2, 0) is 11.3 Å². The lowest BCUT2D eigenvalue weighted by Gasteiger charge is -2.10. The summed E-state index contributed by atoms with van der Waals surface area (Å²) in [6.45, 7) is 4.25. The molecule has 4 nitrogen and oxygen atoms in total. The van der Waals surface area contributed by atoms with Crippen molar-refractivity contribution >= 4 is 11.6 Å². The second-order valence-electron chi connectivity index (χ2n) is 4.69. The van der Waals surface area contributed by atoms with Crippen LogP contribution in [0.5, 0.6) is 11.6 Å². The molecule has 0 aliphatic carbocycles. The van der Waals surface area contributed by atoms with Gasteiger partial charge in [0.2, 0.25) is 5.88 Å². The van der Waals surface area contributed by atoms with E-state index in [9.17, 15) is 0 Å². The number of aryl methyl sites for hydroxylation is 1. The number of pyridine rings is 1. The summed E-state index contributed by atoms with van der Waals surface area (Å²) in [4.78, 5) is 4.37. The van der Waals surface area contributed by atoms with Gasteiger partial charge in [-0.15, -0.1) is 0 Å². The second kappa shape index (κ2) is 7.98. The molecule has 0 atom stereocenters. The molecule has 0 amide bonds. The third-order valence-corrected chi connectivity index (χ3v) is 3.14. The third kappa shape index (κ3) is 5.01. The van der Waals surface area contributed by atoms with Gasteiger partial charge in [0.25, 0.3) is 0 Å². The van der Waals surface area contributed by atoms with Gasteiger partial charge in [-0.2, -0.15) is 0 Å². The van der Waals surface area contributed by atoms with Crippen LogP contribution < -0.4 is 10.1 Å². The normalized spacial score (nSPS) is 10.6. The summed E-state index contributed by atoms with van der Waals surface area (Å²) >= 11 is 5.94. The minimum atomic E-state index is 0.595. The fourth-order valence-electron chi connectivity index (χ4n) is 1.87. The Morgan fingerprint density at radius 2 is 2.14 bits per heavy atom. The van der Waals surface area contributed by atoms with Crippen molar-refractivity contribution in [3.8, 4) is 11.6 Å². The fraction of sp³-hybridized carbons (Fsp3) is 0.312. The number of methoxy groups -OCH3 is 1. The second-order valence-corrected chi connectivity index (χ2v) is 5.13. The predicted octanol–water partition coefficient (Wildman–Crippen LogP) is 3.57. The first kappa shape index (κ1) is 15.8. The first-order chi connectivity index (χ1) is 10.2. The Morgan fingerprint density at radius 1 is 1.29 bits per heavy atom. The number of nitrogens with one attached hydrogen (secondary N) is 1. The van der Waals surface area contributed by atoms with Gasteiger partial charge in [0.1, 0.15) is 5.75 Å². The van der Waals surface area contributed by atoms with E-state index in [1.54, 1.807) is 13.2 Å². The van der Waals surface area contributed by atoms with Crippen LogP contribution in [-0.4, -0.2) is 25.2 Å². The van der Waals surface area contributed by atoms with E-state index >= 15 is 0 Å². The molecule has 1 aromatic carbocycles. The highest BCUT2D eigenvalue weighted by atomic mass is 35.5. The lowest BCUT2D eigenvalue weighted by Crippen LogP contribution is -2.18. The zero-order chi connectivity index (χ0) is 15.1. The first-order valence-electron chi connectivity index (χ1n) is 6.77. The molecule has 0 saturated heterocycles. The van der Waals surface area contributed by atoms with E-state index in [1.807, 2.05) is 31.3 Å². The molecule has 2 aromatic rings. The number of ether oxygens (including phenoxy) is 2. The van der Waals surface area contributed by atoms with Gasteiger partial charge in [0, 0.05) is 37.0 Å². The van der Waals surface area contributed by atoms with Crippen molar-refractivity contribution in [3.63, 3.8) is 0 Å². The lowest BCUT2D eigenvalue weighted by atomic mass is 10.2. The summed E-state index contributed by atoms with van der Waals surface area (Å²) in [5.74, 6) is 1.28. The monoisotopic (exact) mass is 306 g/mol. The minimum absolute atomic E-state index is 0.595. The standard InChI is InChI=1S/C16H19ClN2O2/c1-12-8-13(10-18-6-7-20-2)11-19-16(12)21-15-5-3-4-14(17)9-15/h3-5,8-9,11,18H,6-7,10H2,1-2H3. The predicted molar refractivity (Wildman–Crippen MR) is 84.1 cm³/mol. The van der Waals surface area contributed by atoms with Crippen LogP contribution in [0, 0.1) is 6.92 Å². The number of benzene rings is 1. The molecule has 0 saturated carbocycles. The Bertz CT molecular complexity index is 590. The van der Waals surface area contributed by atoms with Crippen molar-refractivity contribution in [2.45, 2.75) is 13.5 Å². The summed E-state index contributed by atoms with van der Waals surface area (Å²) in [5, 5.41) is 3.93. The van der Waals surface area contributed by atoms with Gasteiger partial charge in [-0.05, 0) is 36.8 Å².